The van der Waals surface area contributed by atoms with Gasteiger partial charge in [-0.15, -0.1) is 5.10 Å². The van der Waals surface area contributed by atoms with Gasteiger partial charge in [0.2, 0.25) is 0 Å². The fourth-order valence-electron chi connectivity index (χ4n) is 5.32. The van der Waals surface area contributed by atoms with Crippen LogP contribution in [-0.2, 0) is 46.1 Å². The second kappa shape index (κ2) is 13.4. The Labute approximate surface area is 268 Å². The van der Waals surface area contributed by atoms with Gasteiger partial charge in [-0.1, -0.05) is 12.0 Å². The van der Waals surface area contributed by atoms with Crippen LogP contribution in [0.4, 0.5) is 55.9 Å². The Morgan fingerprint density at radius 3 is 2.08 bits per heavy atom. The number of tetrazole rings is 1. The number of alkyl halides is 9. The number of nitrogens with one attached hydrogen (secondary N) is 1. The number of sulfone groups is 1. The summed E-state index contributed by atoms with van der Waals surface area (Å²) in [6.07, 6.45) is -15.4. The van der Waals surface area contributed by atoms with E-state index in [1.54, 1.807) is 13.8 Å². The zero-order valence-corrected chi connectivity index (χ0v) is 26.2. The number of carbonyl (C=O) groups excluding carboxylic acids is 1. The number of rotatable bonds is 9. The third kappa shape index (κ3) is 8.48. The Kier molecular flexibility index (Phi) is 10.3. The number of hydrogen-bond acceptors (Lipinski definition) is 8. The van der Waals surface area contributed by atoms with Crippen LogP contribution < -0.4 is 10.2 Å². The number of carbonyl (C=O) groups is 1. The Morgan fingerprint density at radius 2 is 1.56 bits per heavy atom. The van der Waals surface area contributed by atoms with Crippen LogP contribution in [0.3, 0.4) is 0 Å². The van der Waals surface area contributed by atoms with E-state index in [9.17, 15) is 52.7 Å². The summed E-state index contributed by atoms with van der Waals surface area (Å²) in [5, 5.41) is 12.8. The number of aromatic nitrogens is 4. The summed E-state index contributed by atoms with van der Waals surface area (Å²) in [5.41, 5.74) is -4.58. The van der Waals surface area contributed by atoms with Crippen molar-refractivity contribution in [1.29, 1.82) is 0 Å². The Morgan fingerprint density at radius 1 is 0.958 bits per heavy atom. The molecule has 10 nitrogen and oxygen atoms in total. The second-order valence-corrected chi connectivity index (χ2v) is 13.4. The van der Waals surface area contributed by atoms with Gasteiger partial charge in [0.15, 0.2) is 9.84 Å². The highest BCUT2D eigenvalue weighted by Crippen LogP contribution is 2.43. The summed E-state index contributed by atoms with van der Waals surface area (Å²) in [6.45, 7) is 2.70. The van der Waals surface area contributed by atoms with Gasteiger partial charge in [-0.25, -0.2) is 13.2 Å². The van der Waals surface area contributed by atoms with Crippen LogP contribution in [0, 0.1) is 0 Å². The van der Waals surface area contributed by atoms with Gasteiger partial charge >= 0.3 is 24.6 Å². The summed E-state index contributed by atoms with van der Waals surface area (Å²) >= 11 is 0. The number of fused-ring (bicyclic) bond motifs is 1. The molecule has 3 aromatic rings. The molecule has 0 aliphatic carbocycles. The zero-order valence-electron chi connectivity index (χ0n) is 25.4. The van der Waals surface area contributed by atoms with Crippen LogP contribution in [0.5, 0.6) is 0 Å². The molecular formula is C28H29F9N6O4S. The molecule has 1 N–H and O–H groups in total. The lowest BCUT2D eigenvalue weighted by atomic mass is 9.89. The van der Waals surface area contributed by atoms with Crippen molar-refractivity contribution < 1.29 is 57.5 Å². The van der Waals surface area contributed by atoms with Gasteiger partial charge in [0, 0.05) is 12.3 Å². The standard InChI is InChI=1S/C28H29F9N6O4S/c1-4-19-13-22(21-12-16(26(29,30)31)6-7-23(21)43(19)25(44)47-5-2)38-24-39-41-42(40-24)14-20(48(3,45)46)10-15-8-17(27(32,33)34)11-18(9-15)28(35,36)37/h6-9,11-12,19-20,22H,4-5,10,13-14H2,1-3H3,(H,38,40)/t19-,20?,22+/m1/s1. The number of halogens is 9. The zero-order chi connectivity index (χ0) is 35.8. The molecule has 2 heterocycles. The van der Waals surface area contributed by atoms with E-state index in [-0.39, 0.29) is 36.3 Å². The number of amides is 1. The van der Waals surface area contributed by atoms with Crippen molar-refractivity contribution in [2.24, 2.45) is 0 Å². The van der Waals surface area contributed by atoms with Gasteiger partial charge in [-0.05, 0) is 78.9 Å². The lowest BCUT2D eigenvalue weighted by Crippen LogP contribution is -2.46. The SMILES string of the molecule is CCOC(=O)N1c2ccc(C(F)(F)F)cc2[C@@H](Nc2nnn(CC(Cc3cc(C(F)(F)F)cc(C(F)(F)F)c3)S(C)(=O)=O)n2)C[C@H]1CC. The minimum Gasteiger partial charge on any atom is -0.449 e. The summed E-state index contributed by atoms with van der Waals surface area (Å²) in [6, 6.07) is 2.15. The molecule has 3 atom stereocenters. The minimum atomic E-state index is -5.15. The largest absolute Gasteiger partial charge is 0.449 e. The third-order valence-electron chi connectivity index (χ3n) is 7.64. The van der Waals surface area contributed by atoms with Crippen molar-refractivity contribution in [1.82, 2.24) is 20.2 Å². The van der Waals surface area contributed by atoms with Crippen LogP contribution >= 0.6 is 0 Å². The number of anilines is 2. The fourth-order valence-corrected chi connectivity index (χ4v) is 6.22. The number of hydrogen-bond donors (Lipinski definition) is 1. The molecule has 0 bridgehead atoms. The molecule has 2 aromatic carbocycles. The van der Waals surface area contributed by atoms with E-state index in [1.165, 1.54) is 4.90 Å². The third-order valence-corrected chi connectivity index (χ3v) is 9.16. The minimum absolute atomic E-state index is 0.0160. The van der Waals surface area contributed by atoms with Gasteiger partial charge < -0.3 is 10.1 Å². The van der Waals surface area contributed by atoms with Crippen molar-refractivity contribution in [3.05, 3.63) is 64.2 Å². The molecule has 0 spiro atoms. The van der Waals surface area contributed by atoms with Gasteiger partial charge in [0.1, 0.15) is 0 Å². The normalized spacial score (nSPS) is 18.0. The maximum absolute atomic E-state index is 13.6. The van der Waals surface area contributed by atoms with E-state index in [0.29, 0.717) is 18.6 Å². The molecule has 48 heavy (non-hydrogen) atoms. The van der Waals surface area contributed by atoms with Gasteiger partial charge in [-0.2, -0.15) is 44.3 Å². The highest BCUT2D eigenvalue weighted by molar-refractivity contribution is 7.91. The molecule has 0 saturated heterocycles. The van der Waals surface area contributed by atoms with Crippen LogP contribution in [0.15, 0.2) is 36.4 Å². The highest BCUT2D eigenvalue weighted by atomic mass is 32.2. The predicted molar refractivity (Wildman–Crippen MR) is 153 cm³/mol. The van der Waals surface area contributed by atoms with Crippen molar-refractivity contribution in [3.63, 3.8) is 0 Å². The first kappa shape index (κ1) is 36.7. The number of benzene rings is 2. The molecule has 0 radical (unpaired) electrons. The maximum atomic E-state index is 13.6. The average Bonchev–Trinajstić information content (AvgIpc) is 3.41. The van der Waals surface area contributed by atoms with Crippen molar-refractivity contribution >= 4 is 27.6 Å². The van der Waals surface area contributed by atoms with E-state index in [2.05, 4.69) is 20.7 Å². The molecule has 1 aliphatic heterocycles. The maximum Gasteiger partial charge on any atom is 0.416 e. The lowest BCUT2D eigenvalue weighted by molar-refractivity contribution is -0.143. The Hall–Kier alpha value is -4.10. The average molecular weight is 717 g/mol. The summed E-state index contributed by atoms with van der Waals surface area (Å²) in [4.78, 5) is 14.8. The first-order chi connectivity index (χ1) is 22.1. The summed E-state index contributed by atoms with van der Waals surface area (Å²) in [5.74, 6) is -0.270. The van der Waals surface area contributed by atoms with E-state index in [1.807, 2.05) is 0 Å². The van der Waals surface area contributed by atoms with Crippen molar-refractivity contribution in [2.45, 2.75) is 75.5 Å². The number of nitrogens with zero attached hydrogens (tertiary/aromatic N) is 5. The van der Waals surface area contributed by atoms with Crippen molar-refractivity contribution in [2.75, 3.05) is 23.1 Å². The quantitative estimate of drug-likeness (QED) is 0.244. The monoisotopic (exact) mass is 716 g/mol. The highest BCUT2D eigenvalue weighted by Gasteiger charge is 2.40. The van der Waals surface area contributed by atoms with Crippen LogP contribution in [0.2, 0.25) is 0 Å². The van der Waals surface area contributed by atoms with E-state index in [0.717, 1.165) is 29.3 Å². The van der Waals surface area contributed by atoms with Crippen LogP contribution in [-0.4, -0.2) is 58.9 Å². The lowest BCUT2D eigenvalue weighted by Gasteiger charge is -2.40. The van der Waals surface area contributed by atoms with E-state index < -0.39 is 87.0 Å². The molecule has 0 saturated carbocycles. The topological polar surface area (TPSA) is 119 Å². The summed E-state index contributed by atoms with van der Waals surface area (Å²) in [7, 11) is -4.13. The molecule has 0 fully saturated rings. The summed E-state index contributed by atoms with van der Waals surface area (Å²) < 4.78 is 151. The first-order valence-corrected chi connectivity index (χ1v) is 16.3. The second-order valence-electron chi connectivity index (χ2n) is 11.1. The fraction of sp³-hybridized carbons (Fsp3) is 0.500. The number of ether oxygens (including phenoxy) is 1. The van der Waals surface area contributed by atoms with Crippen LogP contribution in [0.1, 0.15) is 60.5 Å². The first-order valence-electron chi connectivity index (χ1n) is 14.3. The molecule has 1 amide bonds. The van der Waals surface area contributed by atoms with E-state index in [4.69, 9.17) is 4.74 Å². The molecule has 1 aliphatic rings. The van der Waals surface area contributed by atoms with Crippen molar-refractivity contribution in [3.8, 4) is 0 Å². The molecule has 4 rings (SSSR count). The molecule has 264 valence electrons. The van der Waals surface area contributed by atoms with Gasteiger partial charge in [0.05, 0.1) is 46.8 Å². The van der Waals surface area contributed by atoms with Gasteiger partial charge in [-0.3, -0.25) is 4.90 Å². The van der Waals surface area contributed by atoms with Gasteiger partial charge in [0.25, 0.3) is 5.95 Å². The van der Waals surface area contributed by atoms with E-state index >= 15 is 0 Å². The predicted octanol–water partition coefficient (Wildman–Crippen LogP) is 6.68. The Bertz CT molecular complexity index is 1710. The molecule has 20 heteroatoms. The molecule has 1 unspecified atom stereocenters. The smallest absolute Gasteiger partial charge is 0.416 e. The Balaban J connectivity index is 1.64. The molecular weight excluding hydrogens is 687 g/mol. The molecule has 1 aromatic heterocycles. The van der Waals surface area contributed by atoms with Crippen LogP contribution in [0.25, 0.3) is 0 Å².